The largest absolute Gasteiger partial charge is 0.433 e. The van der Waals surface area contributed by atoms with Crippen molar-refractivity contribution in [2.24, 2.45) is 0 Å². The molecule has 2 saturated heterocycles. The average molecular weight is 591 g/mol. The lowest BCUT2D eigenvalue weighted by molar-refractivity contribution is -0.141. The first-order valence-corrected chi connectivity index (χ1v) is 13.9. The lowest BCUT2D eigenvalue weighted by atomic mass is 9.98. The molecule has 0 aliphatic carbocycles. The Bertz CT molecular complexity index is 1690. The van der Waals surface area contributed by atoms with Gasteiger partial charge in [0.1, 0.15) is 17.0 Å². The van der Waals surface area contributed by atoms with E-state index < -0.39 is 11.9 Å². The van der Waals surface area contributed by atoms with Crippen molar-refractivity contribution < 1.29 is 22.8 Å². The number of nitrogens with two attached hydrogens (primary N) is 1. The lowest BCUT2D eigenvalue weighted by Crippen LogP contribution is -2.53. The maximum absolute atomic E-state index is 13.6. The van der Waals surface area contributed by atoms with Crippen LogP contribution in [0.1, 0.15) is 23.6 Å². The van der Waals surface area contributed by atoms with Crippen LogP contribution in [0.3, 0.4) is 0 Å². The molecule has 0 spiro atoms. The Kier molecular flexibility index (Phi) is 7.24. The minimum atomic E-state index is -4.62. The van der Waals surface area contributed by atoms with Gasteiger partial charge in [0.25, 0.3) is 0 Å². The van der Waals surface area contributed by atoms with Gasteiger partial charge >= 0.3 is 12.2 Å². The molecule has 0 bridgehead atoms. The van der Waals surface area contributed by atoms with Crippen LogP contribution in [-0.2, 0) is 11.0 Å². The molecule has 0 saturated carbocycles. The number of imidazole rings is 1. The standard InChI is InChI=1S/C30H29F3N8O2/c1-2-25(42)38-14-16-39(17-15-38)29(43)40-13-11-20(18-40)19-5-7-21(8-6-19)41-27(22-4-3-12-35-26(22)34)36-23-9-10-24(30(31,32)33)37-28(23)41/h2-10,12,20H,1,11,13-18H2,(H2,34,35)/t20-/m0/s1. The predicted molar refractivity (Wildman–Crippen MR) is 154 cm³/mol. The highest BCUT2D eigenvalue weighted by Crippen LogP contribution is 2.35. The molecule has 43 heavy (non-hydrogen) atoms. The highest BCUT2D eigenvalue weighted by Gasteiger charge is 2.34. The molecule has 2 N–H and O–H groups in total. The quantitative estimate of drug-likeness (QED) is 0.354. The Morgan fingerprint density at radius 3 is 2.33 bits per heavy atom. The van der Waals surface area contributed by atoms with E-state index in [9.17, 15) is 22.8 Å². The zero-order valence-corrected chi connectivity index (χ0v) is 23.2. The third-order valence-electron chi connectivity index (χ3n) is 7.99. The number of carbonyl (C=O) groups is 2. The number of likely N-dealkylation sites (tertiary alicyclic amines) is 1. The number of piperazine rings is 1. The minimum absolute atomic E-state index is 0.0417. The summed E-state index contributed by atoms with van der Waals surface area (Å²) in [6.07, 6.45) is -1.03. The van der Waals surface area contributed by atoms with Crippen molar-refractivity contribution in [1.82, 2.24) is 34.2 Å². The van der Waals surface area contributed by atoms with Gasteiger partial charge in [0.2, 0.25) is 5.91 Å². The summed E-state index contributed by atoms with van der Waals surface area (Å²) in [6.45, 7) is 6.58. The summed E-state index contributed by atoms with van der Waals surface area (Å²) < 4.78 is 42.3. The second-order valence-corrected chi connectivity index (χ2v) is 10.6. The number of alkyl halides is 3. The topological polar surface area (TPSA) is 113 Å². The van der Waals surface area contributed by atoms with Gasteiger partial charge in [0, 0.05) is 57.1 Å². The molecule has 2 aliphatic rings. The Balaban J connectivity index is 1.25. The van der Waals surface area contributed by atoms with Gasteiger partial charge in [-0.3, -0.25) is 9.36 Å². The van der Waals surface area contributed by atoms with Crippen molar-refractivity contribution in [3.05, 3.63) is 78.6 Å². The van der Waals surface area contributed by atoms with Crippen LogP contribution in [0, 0.1) is 0 Å². The van der Waals surface area contributed by atoms with Gasteiger partial charge in [-0.15, -0.1) is 0 Å². The number of pyridine rings is 2. The molecule has 2 aliphatic heterocycles. The molecule has 6 rings (SSSR count). The lowest BCUT2D eigenvalue weighted by Gasteiger charge is -2.36. The van der Waals surface area contributed by atoms with E-state index in [0.717, 1.165) is 18.1 Å². The number of nitrogen functional groups attached to an aromatic ring is 1. The predicted octanol–water partition coefficient (Wildman–Crippen LogP) is 4.32. The smallest absolute Gasteiger partial charge is 0.383 e. The number of carbonyl (C=O) groups excluding carboxylic acids is 2. The Morgan fingerprint density at radius 1 is 0.930 bits per heavy atom. The molecule has 3 amide bonds. The van der Waals surface area contributed by atoms with Crippen LogP contribution in [0.25, 0.3) is 28.2 Å². The van der Waals surface area contributed by atoms with E-state index in [4.69, 9.17) is 5.73 Å². The fraction of sp³-hybridized carbons (Fsp3) is 0.300. The first-order chi connectivity index (χ1) is 20.6. The first kappa shape index (κ1) is 28.2. The maximum atomic E-state index is 13.6. The van der Waals surface area contributed by atoms with E-state index in [1.54, 1.807) is 26.5 Å². The highest BCUT2D eigenvalue weighted by atomic mass is 19.4. The number of aromatic nitrogens is 4. The third-order valence-corrected chi connectivity index (χ3v) is 7.99. The van der Waals surface area contributed by atoms with Gasteiger partial charge in [0.05, 0.1) is 5.56 Å². The number of amides is 3. The van der Waals surface area contributed by atoms with Gasteiger partial charge < -0.3 is 20.4 Å². The van der Waals surface area contributed by atoms with E-state index in [1.807, 2.05) is 29.2 Å². The van der Waals surface area contributed by atoms with Gasteiger partial charge in [0.15, 0.2) is 11.5 Å². The summed E-state index contributed by atoms with van der Waals surface area (Å²) in [6, 6.07) is 13.0. The Labute approximate surface area is 245 Å². The van der Waals surface area contributed by atoms with Crippen molar-refractivity contribution in [1.29, 1.82) is 0 Å². The highest BCUT2D eigenvalue weighted by molar-refractivity contribution is 5.87. The Morgan fingerprint density at radius 2 is 1.65 bits per heavy atom. The molecular formula is C30H29F3N8O2. The summed E-state index contributed by atoms with van der Waals surface area (Å²) in [4.78, 5) is 42.9. The van der Waals surface area contributed by atoms with Crippen molar-refractivity contribution in [3.63, 3.8) is 0 Å². The van der Waals surface area contributed by atoms with Crippen LogP contribution >= 0.6 is 0 Å². The number of nitrogens with zero attached hydrogens (tertiary/aromatic N) is 7. The molecule has 2 fully saturated rings. The number of hydrogen-bond donors (Lipinski definition) is 1. The van der Waals surface area contributed by atoms with Crippen LogP contribution in [0.2, 0.25) is 0 Å². The molecule has 0 radical (unpaired) electrons. The molecular weight excluding hydrogens is 561 g/mol. The van der Waals surface area contributed by atoms with Crippen molar-refractivity contribution in [2.75, 3.05) is 45.0 Å². The SMILES string of the molecule is C=CC(=O)N1CCN(C(=O)N2CC[C@H](c3ccc(-n4c(-c5cccnc5N)nc5ccc(C(F)(F)F)nc54)cc3)C2)CC1. The summed E-state index contributed by atoms with van der Waals surface area (Å²) in [7, 11) is 0. The van der Waals surface area contributed by atoms with Gasteiger partial charge in [-0.2, -0.15) is 13.2 Å². The van der Waals surface area contributed by atoms with Gasteiger partial charge in [-0.25, -0.2) is 19.7 Å². The molecule has 222 valence electrons. The summed E-state index contributed by atoms with van der Waals surface area (Å²) in [5, 5.41) is 0. The number of benzene rings is 1. The molecule has 1 aromatic carbocycles. The molecule has 0 unspecified atom stereocenters. The van der Waals surface area contributed by atoms with Crippen molar-refractivity contribution in [3.8, 4) is 17.1 Å². The second kappa shape index (κ2) is 11.0. The summed E-state index contributed by atoms with van der Waals surface area (Å²) in [5.41, 5.74) is 7.48. The molecule has 4 aromatic rings. The van der Waals surface area contributed by atoms with Crippen LogP contribution in [0.4, 0.5) is 23.8 Å². The van der Waals surface area contributed by atoms with Crippen LogP contribution in [0.5, 0.6) is 0 Å². The fourth-order valence-corrected chi connectivity index (χ4v) is 5.70. The minimum Gasteiger partial charge on any atom is -0.383 e. The monoisotopic (exact) mass is 590 g/mol. The molecule has 3 aromatic heterocycles. The summed E-state index contributed by atoms with van der Waals surface area (Å²) >= 11 is 0. The van der Waals surface area contributed by atoms with E-state index in [-0.39, 0.29) is 34.8 Å². The number of anilines is 1. The van der Waals surface area contributed by atoms with E-state index in [1.165, 1.54) is 18.3 Å². The fourth-order valence-electron chi connectivity index (χ4n) is 5.70. The average Bonchev–Trinajstić information content (AvgIpc) is 3.66. The molecule has 13 heteroatoms. The molecule has 5 heterocycles. The Hall–Kier alpha value is -4.94. The molecule has 1 atom stereocenters. The zero-order chi connectivity index (χ0) is 30.3. The number of hydrogen-bond acceptors (Lipinski definition) is 6. The zero-order valence-electron chi connectivity index (χ0n) is 23.2. The van der Waals surface area contributed by atoms with Crippen LogP contribution in [0.15, 0.2) is 67.4 Å². The van der Waals surface area contributed by atoms with Crippen LogP contribution in [-0.4, -0.2) is 85.4 Å². The molecule has 10 nitrogen and oxygen atoms in total. The number of halogens is 3. The number of rotatable bonds is 4. The van der Waals surface area contributed by atoms with Gasteiger partial charge in [-0.05, 0) is 54.5 Å². The van der Waals surface area contributed by atoms with Gasteiger partial charge in [-0.1, -0.05) is 18.7 Å². The van der Waals surface area contributed by atoms with Crippen LogP contribution < -0.4 is 5.73 Å². The van der Waals surface area contributed by atoms with E-state index in [2.05, 4.69) is 21.5 Å². The number of fused-ring (bicyclic) bond motifs is 1. The maximum Gasteiger partial charge on any atom is 0.433 e. The van der Waals surface area contributed by atoms with E-state index >= 15 is 0 Å². The second-order valence-electron chi connectivity index (χ2n) is 10.6. The third kappa shape index (κ3) is 5.38. The number of urea groups is 1. The van der Waals surface area contributed by atoms with Crippen molar-refractivity contribution >= 4 is 28.9 Å². The van der Waals surface area contributed by atoms with E-state index in [0.29, 0.717) is 56.3 Å². The van der Waals surface area contributed by atoms with Crippen molar-refractivity contribution in [2.45, 2.75) is 18.5 Å². The normalized spacial score (nSPS) is 17.5. The summed E-state index contributed by atoms with van der Waals surface area (Å²) in [5.74, 6) is 0.487. The first-order valence-electron chi connectivity index (χ1n) is 13.9.